The molecule has 0 saturated heterocycles. The van der Waals surface area contributed by atoms with Gasteiger partial charge in [0.15, 0.2) is 5.82 Å². The van der Waals surface area contributed by atoms with Crippen LogP contribution in [0.4, 0.5) is 0 Å². The van der Waals surface area contributed by atoms with Gasteiger partial charge in [0.1, 0.15) is 0 Å². The van der Waals surface area contributed by atoms with E-state index in [2.05, 4.69) is 15.5 Å². The lowest BCUT2D eigenvalue weighted by atomic mass is 9.96. The number of aromatic carboxylic acids is 1. The zero-order chi connectivity index (χ0) is 15.6. The van der Waals surface area contributed by atoms with Crippen molar-refractivity contribution < 1.29 is 19.2 Å². The first-order valence-electron chi connectivity index (χ1n) is 6.31. The van der Waals surface area contributed by atoms with Gasteiger partial charge in [0.2, 0.25) is 5.89 Å². The Morgan fingerprint density at radius 2 is 1.81 bits per heavy atom. The van der Waals surface area contributed by atoms with Gasteiger partial charge in [-0.2, -0.15) is 4.98 Å². The molecule has 0 spiro atoms. The van der Waals surface area contributed by atoms with Crippen LogP contribution in [0.5, 0.6) is 0 Å². The number of hydrogen-bond donors (Lipinski definition) is 2. The quantitative estimate of drug-likeness (QED) is 0.886. The van der Waals surface area contributed by atoms with Gasteiger partial charge in [-0.3, -0.25) is 4.79 Å². The van der Waals surface area contributed by atoms with Crippen molar-refractivity contribution in [2.75, 3.05) is 0 Å². The zero-order valence-electron chi connectivity index (χ0n) is 11.9. The Balaban J connectivity index is 2.26. The number of aryl methyl sites for hydroxylation is 3. The number of aromatic nitrogens is 2. The van der Waals surface area contributed by atoms with Gasteiger partial charge in [-0.25, -0.2) is 4.79 Å². The minimum absolute atomic E-state index is 0.0109. The predicted octanol–water partition coefficient (Wildman–Crippen LogP) is 1.62. The van der Waals surface area contributed by atoms with Crippen molar-refractivity contribution in [1.82, 2.24) is 15.5 Å². The fraction of sp³-hybridized carbons (Fsp3) is 0.286. The summed E-state index contributed by atoms with van der Waals surface area (Å²) in [4.78, 5) is 27.6. The number of hydrogen-bond acceptors (Lipinski definition) is 5. The SMILES string of the molecule is Cc1nc(CNC(=O)c2c(C)ccc(C)c2C(=O)O)no1. The summed E-state index contributed by atoms with van der Waals surface area (Å²) in [5.74, 6) is -0.868. The molecule has 0 aliphatic rings. The number of carbonyl (C=O) groups is 2. The molecule has 0 fully saturated rings. The van der Waals surface area contributed by atoms with Crippen molar-refractivity contribution >= 4 is 11.9 Å². The lowest BCUT2D eigenvalue weighted by Gasteiger charge is -2.11. The van der Waals surface area contributed by atoms with E-state index in [1.54, 1.807) is 32.9 Å². The number of nitrogens with one attached hydrogen (secondary N) is 1. The van der Waals surface area contributed by atoms with Crippen LogP contribution >= 0.6 is 0 Å². The molecule has 0 aliphatic heterocycles. The average Bonchev–Trinajstić information content (AvgIpc) is 2.83. The summed E-state index contributed by atoms with van der Waals surface area (Å²) in [7, 11) is 0. The van der Waals surface area contributed by atoms with E-state index in [0.717, 1.165) is 0 Å². The molecule has 1 amide bonds. The predicted molar refractivity (Wildman–Crippen MR) is 73.1 cm³/mol. The molecule has 2 rings (SSSR count). The molecule has 0 aliphatic carbocycles. The summed E-state index contributed by atoms with van der Waals surface area (Å²) in [6.07, 6.45) is 0. The van der Waals surface area contributed by atoms with E-state index in [9.17, 15) is 14.7 Å². The maximum absolute atomic E-state index is 12.3. The molecule has 0 atom stereocenters. The van der Waals surface area contributed by atoms with Crippen molar-refractivity contribution in [1.29, 1.82) is 0 Å². The Kier molecular flexibility index (Phi) is 4.02. The van der Waals surface area contributed by atoms with E-state index in [4.69, 9.17) is 4.52 Å². The van der Waals surface area contributed by atoms with Gasteiger partial charge >= 0.3 is 5.97 Å². The van der Waals surface area contributed by atoms with Crippen LogP contribution in [0, 0.1) is 20.8 Å². The van der Waals surface area contributed by atoms with Crippen molar-refractivity contribution in [2.24, 2.45) is 0 Å². The fourth-order valence-electron chi connectivity index (χ4n) is 2.04. The van der Waals surface area contributed by atoms with Gasteiger partial charge in [-0.1, -0.05) is 17.3 Å². The molecule has 1 aromatic carbocycles. The van der Waals surface area contributed by atoms with Crippen LogP contribution < -0.4 is 5.32 Å². The number of amides is 1. The molecule has 21 heavy (non-hydrogen) atoms. The second kappa shape index (κ2) is 5.74. The number of carboxylic acid groups (broad SMARTS) is 1. The standard InChI is InChI=1S/C14H15N3O4/c1-7-4-5-8(2)12(14(19)20)11(7)13(18)15-6-10-16-9(3)21-17-10/h4-5H,6H2,1-3H3,(H,15,18)(H,19,20). The maximum Gasteiger partial charge on any atom is 0.336 e. The van der Waals surface area contributed by atoms with Crippen LogP contribution in [-0.2, 0) is 6.54 Å². The minimum atomic E-state index is -1.13. The van der Waals surface area contributed by atoms with E-state index in [1.165, 1.54) is 0 Å². The third kappa shape index (κ3) is 3.07. The fourth-order valence-corrected chi connectivity index (χ4v) is 2.04. The Labute approximate surface area is 121 Å². The van der Waals surface area contributed by atoms with E-state index in [1.807, 2.05) is 0 Å². The Bertz CT molecular complexity index is 706. The van der Waals surface area contributed by atoms with Crippen molar-refractivity contribution in [3.05, 3.63) is 46.1 Å². The Morgan fingerprint density at radius 1 is 1.19 bits per heavy atom. The average molecular weight is 289 g/mol. The second-order valence-corrected chi connectivity index (χ2v) is 4.67. The first-order chi connectivity index (χ1) is 9.90. The summed E-state index contributed by atoms with van der Waals surface area (Å²) in [6.45, 7) is 5.07. The van der Waals surface area contributed by atoms with Crippen LogP contribution in [-0.4, -0.2) is 27.1 Å². The maximum atomic E-state index is 12.3. The topological polar surface area (TPSA) is 105 Å². The third-order valence-corrected chi connectivity index (χ3v) is 3.04. The smallest absolute Gasteiger partial charge is 0.336 e. The molecule has 1 heterocycles. The number of carboxylic acids is 1. The highest BCUT2D eigenvalue weighted by Gasteiger charge is 2.21. The van der Waals surface area contributed by atoms with Crippen LogP contribution in [0.2, 0.25) is 0 Å². The van der Waals surface area contributed by atoms with Gasteiger partial charge in [0, 0.05) is 6.92 Å². The Morgan fingerprint density at radius 3 is 2.33 bits per heavy atom. The van der Waals surface area contributed by atoms with E-state index in [-0.39, 0.29) is 17.7 Å². The molecule has 0 bridgehead atoms. The number of nitrogens with zero attached hydrogens (tertiary/aromatic N) is 2. The number of carbonyl (C=O) groups excluding carboxylic acids is 1. The molecule has 0 unspecified atom stereocenters. The summed E-state index contributed by atoms with van der Waals surface area (Å²) < 4.78 is 4.80. The van der Waals surface area contributed by atoms with Crippen molar-refractivity contribution in [3.63, 3.8) is 0 Å². The summed E-state index contributed by atoms with van der Waals surface area (Å²) >= 11 is 0. The lowest BCUT2D eigenvalue weighted by Crippen LogP contribution is -2.27. The molecule has 7 nitrogen and oxygen atoms in total. The highest BCUT2D eigenvalue weighted by atomic mass is 16.5. The summed E-state index contributed by atoms with van der Waals surface area (Å²) in [5, 5.41) is 15.6. The summed E-state index contributed by atoms with van der Waals surface area (Å²) in [6, 6.07) is 3.40. The van der Waals surface area contributed by atoms with Gasteiger partial charge in [-0.05, 0) is 25.0 Å². The van der Waals surface area contributed by atoms with E-state index < -0.39 is 11.9 Å². The number of benzene rings is 1. The third-order valence-electron chi connectivity index (χ3n) is 3.04. The van der Waals surface area contributed by atoms with Gasteiger partial charge in [-0.15, -0.1) is 0 Å². The monoisotopic (exact) mass is 289 g/mol. The highest BCUT2D eigenvalue weighted by molar-refractivity contribution is 6.06. The van der Waals surface area contributed by atoms with Gasteiger partial charge in [0.05, 0.1) is 17.7 Å². The first kappa shape index (κ1) is 14.7. The van der Waals surface area contributed by atoms with Gasteiger partial charge in [0.25, 0.3) is 5.91 Å². The Hall–Kier alpha value is -2.70. The van der Waals surface area contributed by atoms with Crippen LogP contribution in [0.3, 0.4) is 0 Å². The van der Waals surface area contributed by atoms with E-state index in [0.29, 0.717) is 22.8 Å². The molecule has 2 N–H and O–H groups in total. The molecule has 1 aromatic heterocycles. The van der Waals surface area contributed by atoms with Crippen LogP contribution in [0.15, 0.2) is 16.7 Å². The van der Waals surface area contributed by atoms with Gasteiger partial charge < -0.3 is 14.9 Å². The summed E-state index contributed by atoms with van der Waals surface area (Å²) in [5.41, 5.74) is 1.30. The second-order valence-electron chi connectivity index (χ2n) is 4.67. The molecular weight excluding hydrogens is 274 g/mol. The number of rotatable bonds is 4. The van der Waals surface area contributed by atoms with Crippen molar-refractivity contribution in [3.8, 4) is 0 Å². The molecular formula is C14H15N3O4. The zero-order valence-corrected chi connectivity index (χ0v) is 11.9. The normalized spacial score (nSPS) is 10.4. The first-order valence-corrected chi connectivity index (χ1v) is 6.31. The van der Waals surface area contributed by atoms with Crippen LogP contribution in [0.25, 0.3) is 0 Å². The van der Waals surface area contributed by atoms with Crippen LogP contribution in [0.1, 0.15) is 43.6 Å². The highest BCUT2D eigenvalue weighted by Crippen LogP contribution is 2.19. The minimum Gasteiger partial charge on any atom is -0.478 e. The largest absolute Gasteiger partial charge is 0.478 e. The molecule has 7 heteroatoms. The molecule has 110 valence electrons. The van der Waals surface area contributed by atoms with E-state index >= 15 is 0 Å². The molecule has 2 aromatic rings. The molecule has 0 radical (unpaired) electrons. The van der Waals surface area contributed by atoms with Crippen molar-refractivity contribution in [2.45, 2.75) is 27.3 Å². The molecule has 0 saturated carbocycles. The lowest BCUT2D eigenvalue weighted by molar-refractivity contribution is 0.0690.